The Labute approximate surface area is 264 Å². The summed E-state index contributed by atoms with van der Waals surface area (Å²) >= 11 is 0. The molecular formula is C35H44O10. The fourth-order valence-electron chi connectivity index (χ4n) is 8.26. The zero-order valence-electron chi connectivity index (χ0n) is 27.0. The predicted molar refractivity (Wildman–Crippen MR) is 163 cm³/mol. The van der Waals surface area contributed by atoms with E-state index in [4.69, 9.17) is 18.9 Å². The lowest BCUT2D eigenvalue weighted by atomic mass is 9.45. The van der Waals surface area contributed by atoms with Crippen LogP contribution in [0.1, 0.15) is 73.3 Å². The van der Waals surface area contributed by atoms with Crippen molar-refractivity contribution in [3.8, 4) is 0 Å². The molecule has 0 aromatic heterocycles. The van der Waals surface area contributed by atoms with Gasteiger partial charge in [-0.05, 0) is 42.4 Å². The van der Waals surface area contributed by atoms with Crippen LogP contribution in [0.15, 0.2) is 48.6 Å². The minimum absolute atomic E-state index is 0.135. The second-order valence-corrected chi connectivity index (χ2v) is 13.6. The number of fused-ring (bicyclic) bond motifs is 3. The molecule has 3 fully saturated rings. The molecule has 3 saturated carbocycles. The van der Waals surface area contributed by atoms with Gasteiger partial charge in [0.1, 0.15) is 30.0 Å². The van der Waals surface area contributed by atoms with E-state index in [1.807, 2.05) is 51.1 Å². The standard InChI is InChI=1S/C35H44O10/c1-19-25(45-27(40)15-14-23-12-10-9-11-13-23)16-17-34(7)28(19)29(42-20(2)36)24-18-26(39)35(8,41)31(33(24,5)6)30(43-21(3)37)32(34)44-22(4)38/h9-15,24-25,28-32,41H,1,16-18H2,2-8H3/b15-14+/t24-,25-,28-,29+,30+,31+,32-,34+,35+/m0/s1. The van der Waals surface area contributed by atoms with Gasteiger partial charge in [0, 0.05) is 56.4 Å². The monoisotopic (exact) mass is 624 g/mol. The number of hydrogen-bond acceptors (Lipinski definition) is 10. The summed E-state index contributed by atoms with van der Waals surface area (Å²) in [6.07, 6.45) is -0.808. The van der Waals surface area contributed by atoms with Crippen molar-refractivity contribution < 1.29 is 48.0 Å². The molecule has 3 aliphatic rings. The third kappa shape index (κ3) is 6.48. The number of ketones is 1. The molecule has 0 heterocycles. The SMILES string of the molecule is C=C1[C@@H](OC(=O)/C=C/c2ccccc2)CC[C@@]2(C)[C@@H](OC(C)=O)[C@H](OC(C)=O)[C@@H]3C(C)(C)[C@@H](CC(=O)[C@@]3(C)O)[C@@H](OC(C)=O)[C@H]12. The lowest BCUT2D eigenvalue weighted by molar-refractivity contribution is -0.252. The topological polar surface area (TPSA) is 142 Å². The highest BCUT2D eigenvalue weighted by Crippen LogP contribution is 2.62. The Bertz CT molecular complexity index is 1390. The maximum Gasteiger partial charge on any atom is 0.331 e. The molecule has 2 bridgehead atoms. The molecule has 0 aliphatic heterocycles. The zero-order valence-corrected chi connectivity index (χ0v) is 27.0. The number of carbonyl (C=O) groups is 5. The minimum atomic E-state index is -1.96. The van der Waals surface area contributed by atoms with Crippen LogP contribution < -0.4 is 0 Å². The number of rotatable bonds is 6. The first-order valence-corrected chi connectivity index (χ1v) is 15.3. The smallest absolute Gasteiger partial charge is 0.331 e. The van der Waals surface area contributed by atoms with Gasteiger partial charge < -0.3 is 24.1 Å². The third-order valence-corrected chi connectivity index (χ3v) is 10.2. The van der Waals surface area contributed by atoms with Crippen LogP contribution in [-0.4, -0.2) is 64.8 Å². The minimum Gasteiger partial charge on any atom is -0.462 e. The van der Waals surface area contributed by atoms with Crippen molar-refractivity contribution in [1.82, 2.24) is 0 Å². The molecule has 0 saturated heterocycles. The van der Waals surface area contributed by atoms with Gasteiger partial charge in [0.05, 0.1) is 0 Å². The largest absolute Gasteiger partial charge is 0.462 e. The van der Waals surface area contributed by atoms with E-state index in [2.05, 4.69) is 6.58 Å². The van der Waals surface area contributed by atoms with E-state index in [9.17, 15) is 29.1 Å². The lowest BCUT2D eigenvalue weighted by Crippen LogP contribution is -2.71. The van der Waals surface area contributed by atoms with E-state index in [1.54, 1.807) is 6.08 Å². The number of hydrogen-bond donors (Lipinski definition) is 1. The molecule has 4 rings (SSSR count). The molecule has 10 nitrogen and oxygen atoms in total. The van der Waals surface area contributed by atoms with Gasteiger partial charge in [-0.1, -0.05) is 57.7 Å². The third-order valence-electron chi connectivity index (χ3n) is 10.2. The quantitative estimate of drug-likeness (QED) is 0.210. The van der Waals surface area contributed by atoms with Crippen molar-refractivity contribution in [2.45, 2.75) is 97.7 Å². The molecule has 10 heteroatoms. The summed E-state index contributed by atoms with van der Waals surface area (Å²) in [6, 6.07) is 9.26. The van der Waals surface area contributed by atoms with Crippen LogP contribution in [0, 0.1) is 28.6 Å². The van der Waals surface area contributed by atoms with Gasteiger partial charge >= 0.3 is 23.9 Å². The zero-order chi connectivity index (χ0) is 33.5. The first kappa shape index (κ1) is 34.1. The van der Waals surface area contributed by atoms with E-state index in [1.165, 1.54) is 33.8 Å². The number of aliphatic hydroxyl groups is 1. The van der Waals surface area contributed by atoms with Crippen LogP contribution in [0.5, 0.6) is 0 Å². The van der Waals surface area contributed by atoms with Crippen molar-refractivity contribution in [2.75, 3.05) is 0 Å². The first-order chi connectivity index (χ1) is 20.9. The van der Waals surface area contributed by atoms with Gasteiger partial charge in [0.15, 0.2) is 5.78 Å². The van der Waals surface area contributed by atoms with Gasteiger partial charge in [-0.3, -0.25) is 19.2 Å². The van der Waals surface area contributed by atoms with Crippen LogP contribution in [0.4, 0.5) is 0 Å². The Hall–Kier alpha value is -3.79. The summed E-state index contributed by atoms with van der Waals surface area (Å²) in [5.41, 5.74) is -2.81. The summed E-state index contributed by atoms with van der Waals surface area (Å²) in [4.78, 5) is 64.6. The van der Waals surface area contributed by atoms with E-state index in [0.717, 1.165) is 5.56 Å². The predicted octanol–water partition coefficient (Wildman–Crippen LogP) is 4.38. The van der Waals surface area contributed by atoms with E-state index >= 15 is 0 Å². The van der Waals surface area contributed by atoms with Crippen LogP contribution >= 0.6 is 0 Å². The molecule has 0 radical (unpaired) electrons. The average Bonchev–Trinajstić information content (AvgIpc) is 2.92. The van der Waals surface area contributed by atoms with Crippen LogP contribution in [0.25, 0.3) is 6.08 Å². The molecule has 0 amide bonds. The number of benzene rings is 1. The lowest BCUT2D eigenvalue weighted by Gasteiger charge is -2.63. The molecule has 1 aromatic rings. The molecule has 0 unspecified atom stereocenters. The summed E-state index contributed by atoms with van der Waals surface area (Å²) < 4.78 is 23.9. The first-order valence-electron chi connectivity index (χ1n) is 15.3. The maximum absolute atomic E-state index is 13.7. The van der Waals surface area contributed by atoms with Crippen molar-refractivity contribution in [3.05, 3.63) is 54.1 Å². The van der Waals surface area contributed by atoms with Crippen molar-refractivity contribution in [1.29, 1.82) is 0 Å². The number of ether oxygens (including phenoxy) is 4. The summed E-state index contributed by atoms with van der Waals surface area (Å²) in [7, 11) is 0. The summed E-state index contributed by atoms with van der Waals surface area (Å²) in [5, 5.41) is 11.7. The number of carbonyl (C=O) groups excluding carboxylic acids is 5. The Kier molecular flexibility index (Phi) is 9.50. The van der Waals surface area contributed by atoms with Gasteiger partial charge in [-0.25, -0.2) is 4.79 Å². The molecule has 1 N–H and O–H groups in total. The molecule has 1 aromatic carbocycles. The maximum atomic E-state index is 13.7. The van der Waals surface area contributed by atoms with Crippen molar-refractivity contribution in [2.24, 2.45) is 28.6 Å². The molecule has 9 atom stereocenters. The van der Waals surface area contributed by atoms with Gasteiger partial charge in [-0.2, -0.15) is 0 Å². The highest BCUT2D eigenvalue weighted by Gasteiger charge is 2.69. The van der Waals surface area contributed by atoms with E-state index in [0.29, 0.717) is 5.57 Å². The van der Waals surface area contributed by atoms with Gasteiger partial charge in [0.2, 0.25) is 0 Å². The molecule has 0 spiro atoms. The molecular weight excluding hydrogens is 580 g/mol. The Morgan fingerprint density at radius 2 is 1.47 bits per heavy atom. The van der Waals surface area contributed by atoms with Gasteiger partial charge in [0.25, 0.3) is 0 Å². The molecule has 244 valence electrons. The average molecular weight is 625 g/mol. The van der Waals surface area contributed by atoms with Gasteiger partial charge in [-0.15, -0.1) is 0 Å². The Morgan fingerprint density at radius 3 is 2.04 bits per heavy atom. The van der Waals surface area contributed by atoms with E-state index < -0.39 is 88.3 Å². The van der Waals surface area contributed by atoms with E-state index in [-0.39, 0.29) is 19.3 Å². The normalized spacial score (nSPS) is 35.8. The summed E-state index contributed by atoms with van der Waals surface area (Å²) in [6.45, 7) is 14.9. The summed E-state index contributed by atoms with van der Waals surface area (Å²) in [5.74, 6) is -5.55. The Balaban J connectivity index is 1.87. The molecule has 3 aliphatic carbocycles. The highest BCUT2D eigenvalue weighted by molar-refractivity contribution is 5.89. The Morgan fingerprint density at radius 1 is 0.889 bits per heavy atom. The number of esters is 4. The highest BCUT2D eigenvalue weighted by atomic mass is 16.6. The van der Waals surface area contributed by atoms with Crippen molar-refractivity contribution >= 4 is 35.7 Å². The second-order valence-electron chi connectivity index (χ2n) is 13.6. The van der Waals surface area contributed by atoms with Crippen LogP contribution in [-0.2, 0) is 42.9 Å². The molecule has 45 heavy (non-hydrogen) atoms. The van der Waals surface area contributed by atoms with Crippen molar-refractivity contribution in [3.63, 3.8) is 0 Å². The van der Waals surface area contributed by atoms with Crippen LogP contribution in [0.2, 0.25) is 0 Å². The fraction of sp³-hybridized carbons (Fsp3) is 0.571. The second kappa shape index (κ2) is 12.5. The van der Waals surface area contributed by atoms with Crippen LogP contribution in [0.3, 0.4) is 0 Å². The fourth-order valence-corrected chi connectivity index (χ4v) is 8.26. The number of Topliss-reactive ketones (excluding diaryl/α,β-unsaturated/α-hetero) is 1.